The monoisotopic (exact) mass is 280 g/mol. The predicted molar refractivity (Wildman–Crippen MR) is 70.1 cm³/mol. The van der Waals surface area contributed by atoms with E-state index in [0.717, 1.165) is 25.7 Å². The Bertz CT molecular complexity index is 332. The maximum atomic E-state index is 11.2. The number of carbonyl (C=O) groups is 2. The smallest absolute Gasteiger partial charge is 0.417 e. The van der Waals surface area contributed by atoms with Gasteiger partial charge in [-0.2, -0.15) is 10.5 Å². The third-order valence-corrected chi connectivity index (χ3v) is 2.50. The molecule has 6 heteroatoms. The van der Waals surface area contributed by atoms with Gasteiger partial charge in [-0.25, -0.2) is 9.59 Å². The van der Waals surface area contributed by atoms with E-state index in [2.05, 4.69) is 0 Å². The van der Waals surface area contributed by atoms with Crippen molar-refractivity contribution in [2.45, 2.75) is 51.4 Å². The molecule has 0 atom stereocenters. The number of unbranched alkanes of at least 4 members (excludes halogenated alkanes) is 6. The van der Waals surface area contributed by atoms with Gasteiger partial charge in [0.2, 0.25) is 0 Å². The Balaban J connectivity index is 3.45. The summed E-state index contributed by atoms with van der Waals surface area (Å²) in [5, 5.41) is 16.6. The minimum Gasteiger partial charge on any atom is -0.457 e. The molecule has 0 N–H and O–H groups in total. The molecule has 0 saturated carbocycles. The standard InChI is InChI=1S/C14H20N2O4/c15-9-5-1-3-7-11-19-13(17)14(18)20-12-8-4-2-6-10-16/h1-8,11-12H2. The third-order valence-electron chi connectivity index (χ3n) is 2.50. The maximum Gasteiger partial charge on any atom is 0.417 e. The Morgan fingerprint density at radius 1 is 0.700 bits per heavy atom. The van der Waals surface area contributed by atoms with Crippen molar-refractivity contribution >= 4 is 11.9 Å². The van der Waals surface area contributed by atoms with Crippen molar-refractivity contribution in [2.24, 2.45) is 0 Å². The van der Waals surface area contributed by atoms with Crippen molar-refractivity contribution in [3.63, 3.8) is 0 Å². The fourth-order valence-electron chi connectivity index (χ4n) is 1.41. The van der Waals surface area contributed by atoms with Gasteiger partial charge in [-0.3, -0.25) is 0 Å². The van der Waals surface area contributed by atoms with Crippen LogP contribution in [0.2, 0.25) is 0 Å². The molecule has 0 aliphatic rings. The molecule has 0 amide bonds. The summed E-state index contributed by atoms with van der Waals surface area (Å²) in [5.74, 6) is -1.94. The van der Waals surface area contributed by atoms with Gasteiger partial charge < -0.3 is 9.47 Å². The number of nitrogens with zero attached hydrogens (tertiary/aromatic N) is 2. The minimum absolute atomic E-state index is 0.168. The van der Waals surface area contributed by atoms with E-state index in [9.17, 15) is 9.59 Å². The van der Waals surface area contributed by atoms with Crippen molar-refractivity contribution in [2.75, 3.05) is 13.2 Å². The first-order valence-corrected chi connectivity index (χ1v) is 6.80. The average molecular weight is 280 g/mol. The maximum absolute atomic E-state index is 11.2. The van der Waals surface area contributed by atoms with Crippen molar-refractivity contribution in [3.05, 3.63) is 0 Å². The lowest BCUT2D eigenvalue weighted by molar-refractivity contribution is -0.167. The summed E-state index contributed by atoms with van der Waals surface area (Å²) in [6, 6.07) is 4.05. The van der Waals surface area contributed by atoms with Gasteiger partial charge in [0.15, 0.2) is 0 Å². The number of carbonyl (C=O) groups excluding carboxylic acids is 2. The zero-order chi connectivity index (χ0) is 15.1. The van der Waals surface area contributed by atoms with Crippen LogP contribution in [0, 0.1) is 22.7 Å². The molecular formula is C14H20N2O4. The van der Waals surface area contributed by atoms with Crippen LogP contribution in [0.25, 0.3) is 0 Å². The van der Waals surface area contributed by atoms with Crippen LogP contribution in [0.3, 0.4) is 0 Å². The number of hydrogen-bond donors (Lipinski definition) is 0. The van der Waals surface area contributed by atoms with E-state index in [-0.39, 0.29) is 13.2 Å². The van der Waals surface area contributed by atoms with E-state index < -0.39 is 11.9 Å². The van der Waals surface area contributed by atoms with Crippen molar-refractivity contribution in [1.82, 2.24) is 0 Å². The Hall–Kier alpha value is -2.08. The minimum atomic E-state index is -0.970. The molecule has 0 aromatic heterocycles. The molecule has 0 rings (SSSR count). The zero-order valence-corrected chi connectivity index (χ0v) is 11.6. The quantitative estimate of drug-likeness (QED) is 0.345. The van der Waals surface area contributed by atoms with Gasteiger partial charge in [0, 0.05) is 12.8 Å². The molecule has 0 heterocycles. The van der Waals surface area contributed by atoms with Crippen LogP contribution >= 0.6 is 0 Å². The molecule has 0 aromatic rings. The topological polar surface area (TPSA) is 100 Å². The molecule has 0 radical (unpaired) electrons. The Morgan fingerprint density at radius 2 is 1.10 bits per heavy atom. The van der Waals surface area contributed by atoms with Crippen LogP contribution < -0.4 is 0 Å². The van der Waals surface area contributed by atoms with Gasteiger partial charge in [-0.15, -0.1) is 0 Å². The molecule has 0 spiro atoms. The Morgan fingerprint density at radius 3 is 1.45 bits per heavy atom. The predicted octanol–water partition coefficient (Wildman–Crippen LogP) is 2.24. The first kappa shape index (κ1) is 17.9. The van der Waals surface area contributed by atoms with Crippen LogP contribution in [-0.4, -0.2) is 25.2 Å². The van der Waals surface area contributed by atoms with Crippen molar-refractivity contribution in [1.29, 1.82) is 10.5 Å². The number of ether oxygens (including phenoxy) is 2. The summed E-state index contributed by atoms with van der Waals surface area (Å²) in [6.45, 7) is 0.336. The molecule has 20 heavy (non-hydrogen) atoms. The molecule has 0 aliphatic heterocycles. The lowest BCUT2D eigenvalue weighted by atomic mass is 10.2. The van der Waals surface area contributed by atoms with E-state index in [1.165, 1.54) is 0 Å². The van der Waals surface area contributed by atoms with E-state index in [1.54, 1.807) is 0 Å². The van der Waals surface area contributed by atoms with Gasteiger partial charge in [0.25, 0.3) is 0 Å². The van der Waals surface area contributed by atoms with Crippen molar-refractivity contribution < 1.29 is 19.1 Å². The highest BCUT2D eigenvalue weighted by atomic mass is 16.6. The second kappa shape index (κ2) is 13.4. The zero-order valence-electron chi connectivity index (χ0n) is 11.6. The summed E-state index contributed by atoms with van der Waals surface area (Å²) in [6.07, 6.45) is 5.35. The highest BCUT2D eigenvalue weighted by Crippen LogP contribution is 2.01. The number of hydrogen-bond acceptors (Lipinski definition) is 6. The molecule has 110 valence electrons. The summed E-state index contributed by atoms with van der Waals surface area (Å²) in [7, 11) is 0. The summed E-state index contributed by atoms with van der Waals surface area (Å²) in [4.78, 5) is 22.4. The number of nitriles is 2. The summed E-state index contributed by atoms with van der Waals surface area (Å²) < 4.78 is 9.48. The first-order chi connectivity index (χ1) is 9.72. The Kier molecular flexibility index (Phi) is 12.0. The molecule has 0 bridgehead atoms. The Labute approximate surface area is 119 Å². The van der Waals surface area contributed by atoms with Crippen LogP contribution in [0.5, 0.6) is 0 Å². The largest absolute Gasteiger partial charge is 0.457 e. The molecule has 6 nitrogen and oxygen atoms in total. The summed E-state index contributed by atoms with van der Waals surface area (Å²) >= 11 is 0. The molecule has 0 aliphatic carbocycles. The molecule has 0 fully saturated rings. The van der Waals surface area contributed by atoms with Gasteiger partial charge >= 0.3 is 11.9 Å². The molecular weight excluding hydrogens is 260 g/mol. The van der Waals surface area contributed by atoms with Crippen LogP contribution in [0.15, 0.2) is 0 Å². The van der Waals surface area contributed by atoms with E-state index in [0.29, 0.717) is 25.7 Å². The number of rotatable bonds is 10. The molecule has 0 aromatic carbocycles. The summed E-state index contributed by atoms with van der Waals surface area (Å²) in [5.41, 5.74) is 0. The second-order valence-electron chi connectivity index (χ2n) is 4.21. The van der Waals surface area contributed by atoms with E-state index >= 15 is 0 Å². The van der Waals surface area contributed by atoms with Crippen LogP contribution in [-0.2, 0) is 19.1 Å². The highest BCUT2D eigenvalue weighted by Gasteiger charge is 2.16. The lowest BCUT2D eigenvalue weighted by Gasteiger charge is -2.05. The first-order valence-electron chi connectivity index (χ1n) is 6.80. The van der Waals surface area contributed by atoms with Gasteiger partial charge in [-0.05, 0) is 38.5 Å². The second-order valence-corrected chi connectivity index (χ2v) is 4.21. The normalized spacial score (nSPS) is 9.30. The number of esters is 2. The fourth-order valence-corrected chi connectivity index (χ4v) is 1.41. The van der Waals surface area contributed by atoms with Crippen LogP contribution in [0.1, 0.15) is 51.4 Å². The lowest BCUT2D eigenvalue weighted by Crippen LogP contribution is -2.21. The van der Waals surface area contributed by atoms with Gasteiger partial charge in [0.1, 0.15) is 0 Å². The van der Waals surface area contributed by atoms with E-state index in [4.69, 9.17) is 20.0 Å². The van der Waals surface area contributed by atoms with Gasteiger partial charge in [0.05, 0.1) is 25.4 Å². The van der Waals surface area contributed by atoms with E-state index in [1.807, 2.05) is 12.1 Å². The average Bonchev–Trinajstić information content (AvgIpc) is 2.45. The van der Waals surface area contributed by atoms with Gasteiger partial charge in [-0.1, -0.05) is 0 Å². The fraction of sp³-hybridized carbons (Fsp3) is 0.714. The highest BCUT2D eigenvalue weighted by molar-refractivity contribution is 6.29. The molecule has 0 unspecified atom stereocenters. The molecule has 0 saturated heterocycles. The SMILES string of the molecule is N#CCCCCCOC(=O)C(=O)OCCCCCC#N. The van der Waals surface area contributed by atoms with Crippen LogP contribution in [0.4, 0.5) is 0 Å². The van der Waals surface area contributed by atoms with Crippen molar-refractivity contribution in [3.8, 4) is 12.1 Å². The third kappa shape index (κ3) is 11.0.